The normalized spacial score (nSPS) is 11.8. The van der Waals surface area contributed by atoms with Gasteiger partial charge in [-0.25, -0.2) is 8.42 Å². The Labute approximate surface area is 139 Å². The van der Waals surface area contributed by atoms with E-state index in [0.717, 1.165) is 23.6 Å². The van der Waals surface area contributed by atoms with Crippen LogP contribution in [0.25, 0.3) is 16.6 Å². The Morgan fingerprint density at radius 3 is 2.48 bits per heavy atom. The molecule has 0 bridgehead atoms. The van der Waals surface area contributed by atoms with Gasteiger partial charge in [0, 0.05) is 34.1 Å². The van der Waals surface area contributed by atoms with E-state index in [2.05, 4.69) is 0 Å². The SMILES string of the molecule is Cc1ccn2c(C=O)c(-c3cc(Cl)ccc3S(C)(=O)=O)cc2c1. The molecule has 0 saturated carbocycles. The van der Waals surface area contributed by atoms with Crippen LogP contribution in [0.2, 0.25) is 5.02 Å². The number of aromatic nitrogens is 1. The number of halogens is 1. The zero-order valence-corrected chi connectivity index (χ0v) is 14.1. The summed E-state index contributed by atoms with van der Waals surface area (Å²) in [5.74, 6) is 0. The molecule has 0 radical (unpaired) electrons. The van der Waals surface area contributed by atoms with Crippen LogP contribution in [-0.4, -0.2) is 25.4 Å². The minimum Gasteiger partial charge on any atom is -0.314 e. The fourth-order valence-electron chi connectivity index (χ4n) is 2.68. The molecule has 0 aliphatic rings. The third-order valence-electron chi connectivity index (χ3n) is 3.71. The number of aldehydes is 1. The number of carbonyl (C=O) groups excluding carboxylic acids is 1. The molecule has 2 heterocycles. The van der Waals surface area contributed by atoms with E-state index in [1.165, 1.54) is 12.1 Å². The number of fused-ring (bicyclic) bond motifs is 1. The van der Waals surface area contributed by atoms with Crippen LogP contribution < -0.4 is 0 Å². The quantitative estimate of drug-likeness (QED) is 0.677. The molecule has 0 N–H and O–H groups in total. The van der Waals surface area contributed by atoms with Crippen LogP contribution in [0.15, 0.2) is 47.5 Å². The molecule has 23 heavy (non-hydrogen) atoms. The number of sulfone groups is 1. The van der Waals surface area contributed by atoms with Gasteiger partial charge in [0.25, 0.3) is 0 Å². The van der Waals surface area contributed by atoms with Crippen LogP contribution in [0.5, 0.6) is 0 Å². The monoisotopic (exact) mass is 347 g/mol. The van der Waals surface area contributed by atoms with E-state index >= 15 is 0 Å². The first-order chi connectivity index (χ1) is 10.8. The van der Waals surface area contributed by atoms with Gasteiger partial charge in [0.1, 0.15) is 0 Å². The van der Waals surface area contributed by atoms with Crippen LogP contribution in [-0.2, 0) is 9.84 Å². The van der Waals surface area contributed by atoms with Crippen molar-refractivity contribution in [1.29, 1.82) is 0 Å². The molecule has 0 aliphatic carbocycles. The summed E-state index contributed by atoms with van der Waals surface area (Å²) in [4.78, 5) is 11.8. The van der Waals surface area contributed by atoms with Crippen molar-refractivity contribution in [3.05, 3.63) is 58.9 Å². The first-order valence-corrected chi connectivity index (χ1v) is 9.15. The average molecular weight is 348 g/mol. The maximum Gasteiger partial charge on any atom is 0.176 e. The molecule has 0 atom stereocenters. The second-order valence-corrected chi connectivity index (χ2v) is 7.89. The average Bonchev–Trinajstić information content (AvgIpc) is 2.83. The Kier molecular flexibility index (Phi) is 3.78. The van der Waals surface area contributed by atoms with E-state index in [1.54, 1.807) is 22.7 Å². The number of pyridine rings is 1. The minimum absolute atomic E-state index is 0.151. The predicted octanol–water partition coefficient (Wildman–Crippen LogP) is 3.78. The van der Waals surface area contributed by atoms with Gasteiger partial charge in [-0.05, 0) is 48.9 Å². The van der Waals surface area contributed by atoms with Crippen molar-refractivity contribution in [2.24, 2.45) is 0 Å². The van der Waals surface area contributed by atoms with Gasteiger partial charge in [-0.1, -0.05) is 11.6 Å². The molecule has 118 valence electrons. The van der Waals surface area contributed by atoms with Gasteiger partial charge < -0.3 is 4.40 Å². The van der Waals surface area contributed by atoms with Crippen LogP contribution in [0.3, 0.4) is 0 Å². The topological polar surface area (TPSA) is 55.6 Å². The van der Waals surface area contributed by atoms with Gasteiger partial charge in [0.2, 0.25) is 0 Å². The Balaban J connectivity index is 2.42. The molecule has 3 aromatic rings. The van der Waals surface area contributed by atoms with Crippen molar-refractivity contribution in [3.63, 3.8) is 0 Å². The molecule has 0 saturated heterocycles. The van der Waals surface area contributed by atoms with E-state index in [-0.39, 0.29) is 4.90 Å². The van der Waals surface area contributed by atoms with E-state index in [4.69, 9.17) is 11.6 Å². The largest absolute Gasteiger partial charge is 0.314 e. The second-order valence-electron chi connectivity index (χ2n) is 5.47. The van der Waals surface area contributed by atoms with E-state index in [9.17, 15) is 13.2 Å². The Hall–Kier alpha value is -2.11. The molecule has 4 nitrogen and oxygen atoms in total. The summed E-state index contributed by atoms with van der Waals surface area (Å²) in [5.41, 5.74) is 3.25. The Bertz CT molecular complexity index is 1040. The molecule has 0 amide bonds. The minimum atomic E-state index is -3.45. The fraction of sp³-hybridized carbons (Fsp3) is 0.118. The van der Waals surface area contributed by atoms with Crippen molar-refractivity contribution < 1.29 is 13.2 Å². The van der Waals surface area contributed by atoms with Gasteiger partial charge in [0.05, 0.1) is 10.6 Å². The van der Waals surface area contributed by atoms with Crippen LogP contribution in [0.1, 0.15) is 16.1 Å². The van der Waals surface area contributed by atoms with Crippen LogP contribution >= 0.6 is 11.6 Å². The van der Waals surface area contributed by atoms with Gasteiger partial charge >= 0.3 is 0 Å². The maximum absolute atomic E-state index is 12.1. The molecule has 0 fully saturated rings. The maximum atomic E-state index is 12.1. The summed E-state index contributed by atoms with van der Waals surface area (Å²) in [6.07, 6.45) is 3.66. The third-order valence-corrected chi connectivity index (χ3v) is 5.10. The first-order valence-electron chi connectivity index (χ1n) is 6.88. The molecule has 0 unspecified atom stereocenters. The van der Waals surface area contributed by atoms with E-state index in [0.29, 0.717) is 21.8 Å². The number of carbonyl (C=O) groups is 1. The zero-order valence-electron chi connectivity index (χ0n) is 12.6. The highest BCUT2D eigenvalue weighted by Crippen LogP contribution is 2.34. The molecule has 1 aromatic carbocycles. The Morgan fingerprint density at radius 1 is 1.09 bits per heavy atom. The summed E-state index contributed by atoms with van der Waals surface area (Å²) in [6.45, 7) is 1.95. The van der Waals surface area contributed by atoms with Gasteiger partial charge in [-0.3, -0.25) is 4.79 Å². The highest BCUT2D eigenvalue weighted by atomic mass is 35.5. The predicted molar refractivity (Wildman–Crippen MR) is 91.1 cm³/mol. The van der Waals surface area contributed by atoms with Crippen molar-refractivity contribution >= 4 is 33.2 Å². The highest BCUT2D eigenvalue weighted by molar-refractivity contribution is 7.90. The number of rotatable bonds is 3. The summed E-state index contributed by atoms with van der Waals surface area (Å²) < 4.78 is 25.9. The second kappa shape index (κ2) is 5.51. The molecule has 2 aromatic heterocycles. The van der Waals surface area contributed by atoms with Crippen molar-refractivity contribution in [3.8, 4) is 11.1 Å². The van der Waals surface area contributed by atoms with Crippen LogP contribution in [0.4, 0.5) is 0 Å². The molecule has 0 aliphatic heterocycles. The molecule has 3 rings (SSSR count). The van der Waals surface area contributed by atoms with Gasteiger partial charge in [-0.15, -0.1) is 0 Å². The molecule has 6 heteroatoms. The number of hydrogen-bond donors (Lipinski definition) is 0. The lowest BCUT2D eigenvalue weighted by Gasteiger charge is -2.08. The highest BCUT2D eigenvalue weighted by Gasteiger charge is 2.20. The standard InChI is InChI=1S/C17H14ClNO3S/c1-11-5-6-19-13(7-11)9-14(16(19)10-20)15-8-12(18)3-4-17(15)23(2,21)22/h3-10H,1-2H3. The smallest absolute Gasteiger partial charge is 0.176 e. The van der Waals surface area contributed by atoms with Gasteiger partial charge in [-0.2, -0.15) is 0 Å². The lowest BCUT2D eigenvalue weighted by Crippen LogP contribution is -2.01. The van der Waals surface area contributed by atoms with Crippen LogP contribution in [0, 0.1) is 6.92 Å². The number of benzene rings is 1. The Morgan fingerprint density at radius 2 is 1.83 bits per heavy atom. The van der Waals surface area contributed by atoms with Crippen molar-refractivity contribution in [2.75, 3.05) is 6.26 Å². The molecular formula is C17H14ClNO3S. The lowest BCUT2D eigenvalue weighted by molar-refractivity contribution is 0.111. The third kappa shape index (κ3) is 2.78. The number of aryl methyl sites for hydroxylation is 1. The first kappa shape index (κ1) is 15.8. The lowest BCUT2D eigenvalue weighted by atomic mass is 10.1. The van der Waals surface area contributed by atoms with Gasteiger partial charge in [0.15, 0.2) is 16.1 Å². The molecule has 0 spiro atoms. The molecular weight excluding hydrogens is 334 g/mol. The fourth-order valence-corrected chi connectivity index (χ4v) is 3.74. The zero-order chi connectivity index (χ0) is 16.8. The van der Waals surface area contributed by atoms with Crippen molar-refractivity contribution in [2.45, 2.75) is 11.8 Å². The summed E-state index contributed by atoms with van der Waals surface area (Å²) in [6, 6.07) is 10.2. The summed E-state index contributed by atoms with van der Waals surface area (Å²) in [5, 5.41) is 0.413. The van der Waals surface area contributed by atoms with Crippen molar-refractivity contribution in [1.82, 2.24) is 4.40 Å². The van der Waals surface area contributed by atoms with E-state index in [1.807, 2.05) is 19.1 Å². The number of hydrogen-bond acceptors (Lipinski definition) is 3. The summed E-state index contributed by atoms with van der Waals surface area (Å²) >= 11 is 6.05. The van der Waals surface area contributed by atoms with E-state index < -0.39 is 9.84 Å². The number of nitrogens with zero attached hydrogens (tertiary/aromatic N) is 1. The summed E-state index contributed by atoms with van der Waals surface area (Å²) in [7, 11) is -3.45.